The number of aryl methyl sites for hydroxylation is 2. The predicted octanol–water partition coefficient (Wildman–Crippen LogP) is 2.16. The molecule has 3 rings (SSSR count). The number of amides is 1. The molecule has 0 radical (unpaired) electrons. The van der Waals surface area contributed by atoms with Crippen LogP contribution >= 0.6 is 0 Å². The molecule has 1 unspecified atom stereocenters. The second-order valence-corrected chi connectivity index (χ2v) is 6.08. The molecule has 1 atom stereocenters. The Morgan fingerprint density at radius 2 is 2.04 bits per heavy atom. The van der Waals surface area contributed by atoms with Crippen molar-refractivity contribution in [3.05, 3.63) is 47.8 Å². The van der Waals surface area contributed by atoms with Crippen LogP contribution in [0.25, 0.3) is 0 Å². The van der Waals surface area contributed by atoms with Crippen LogP contribution in [0.15, 0.2) is 30.9 Å². The first-order valence-corrected chi connectivity index (χ1v) is 8.34. The quantitative estimate of drug-likeness (QED) is 0.745. The van der Waals surface area contributed by atoms with Crippen LogP contribution in [-0.4, -0.2) is 35.2 Å². The third-order valence-corrected chi connectivity index (χ3v) is 4.35. The number of carbonyl (C=O) groups excluding carboxylic acids is 1. The molecule has 8 heteroatoms. The Bertz CT molecular complexity index is 873. The van der Waals surface area contributed by atoms with Crippen molar-refractivity contribution in [3.8, 4) is 0 Å². The van der Waals surface area contributed by atoms with Crippen LogP contribution in [-0.2, 0) is 17.9 Å². The second-order valence-electron chi connectivity index (χ2n) is 6.08. The summed E-state index contributed by atoms with van der Waals surface area (Å²) in [6.45, 7) is 9.32. The van der Waals surface area contributed by atoms with Gasteiger partial charge in [-0.1, -0.05) is 0 Å². The summed E-state index contributed by atoms with van der Waals surface area (Å²) in [6.07, 6.45) is 7.03. The first-order valence-electron chi connectivity index (χ1n) is 8.34. The van der Waals surface area contributed by atoms with E-state index in [1.165, 1.54) is 0 Å². The van der Waals surface area contributed by atoms with Crippen molar-refractivity contribution < 1.29 is 4.79 Å². The molecule has 0 aliphatic heterocycles. The fraction of sp³-hybridized carbons (Fsp3) is 0.412. The normalized spacial score (nSPS) is 12.3. The highest BCUT2D eigenvalue weighted by molar-refractivity contribution is 5.93. The zero-order chi connectivity index (χ0) is 18.0. The zero-order valence-corrected chi connectivity index (χ0v) is 15.0. The standard InChI is InChI=1S/C17H23N7O/c1-5-23-13(3)15(8-20-23)10-22-11-16(9-19-22)21-17(25)14(4)24-12(2)6-7-18-24/h6-9,11,14H,5,10H2,1-4H3,(H,21,25). The molecule has 1 amide bonds. The van der Waals surface area contributed by atoms with Crippen molar-refractivity contribution in [2.24, 2.45) is 0 Å². The van der Waals surface area contributed by atoms with Crippen LogP contribution in [0, 0.1) is 13.8 Å². The highest BCUT2D eigenvalue weighted by Gasteiger charge is 2.17. The van der Waals surface area contributed by atoms with Crippen molar-refractivity contribution >= 4 is 11.6 Å². The van der Waals surface area contributed by atoms with E-state index in [0.29, 0.717) is 12.2 Å². The molecule has 0 fully saturated rings. The van der Waals surface area contributed by atoms with E-state index in [0.717, 1.165) is 23.5 Å². The van der Waals surface area contributed by atoms with E-state index < -0.39 is 0 Å². The second kappa shape index (κ2) is 6.92. The van der Waals surface area contributed by atoms with Crippen LogP contribution in [0.5, 0.6) is 0 Å². The van der Waals surface area contributed by atoms with E-state index in [2.05, 4.69) is 27.5 Å². The number of hydrogen-bond donors (Lipinski definition) is 1. The third kappa shape index (κ3) is 3.47. The van der Waals surface area contributed by atoms with Gasteiger partial charge in [-0.05, 0) is 33.8 Å². The largest absolute Gasteiger partial charge is 0.322 e. The van der Waals surface area contributed by atoms with E-state index in [-0.39, 0.29) is 11.9 Å². The highest BCUT2D eigenvalue weighted by atomic mass is 16.2. The summed E-state index contributed by atoms with van der Waals surface area (Å²) >= 11 is 0. The predicted molar refractivity (Wildman–Crippen MR) is 94.3 cm³/mol. The average Bonchev–Trinajstić information content (AvgIpc) is 3.29. The Balaban J connectivity index is 1.66. The number of rotatable bonds is 6. The van der Waals surface area contributed by atoms with Gasteiger partial charge in [0, 0.05) is 35.9 Å². The van der Waals surface area contributed by atoms with Gasteiger partial charge in [0.1, 0.15) is 6.04 Å². The molecule has 132 valence electrons. The molecule has 0 bridgehead atoms. The van der Waals surface area contributed by atoms with E-state index in [4.69, 9.17) is 0 Å². The van der Waals surface area contributed by atoms with Gasteiger partial charge in [0.15, 0.2) is 0 Å². The minimum atomic E-state index is -0.386. The highest BCUT2D eigenvalue weighted by Crippen LogP contribution is 2.14. The summed E-state index contributed by atoms with van der Waals surface area (Å²) in [4.78, 5) is 12.4. The maximum absolute atomic E-state index is 12.4. The van der Waals surface area contributed by atoms with E-state index in [9.17, 15) is 4.79 Å². The van der Waals surface area contributed by atoms with Crippen molar-refractivity contribution in [1.82, 2.24) is 29.3 Å². The summed E-state index contributed by atoms with van der Waals surface area (Å²) in [6, 6.07) is 1.49. The van der Waals surface area contributed by atoms with Gasteiger partial charge in [-0.2, -0.15) is 15.3 Å². The summed E-state index contributed by atoms with van der Waals surface area (Å²) in [5, 5.41) is 15.7. The first-order chi connectivity index (χ1) is 12.0. The van der Waals surface area contributed by atoms with Crippen molar-refractivity contribution in [1.29, 1.82) is 0 Å². The molecule has 3 aromatic rings. The molecule has 1 N–H and O–H groups in total. The van der Waals surface area contributed by atoms with Crippen molar-refractivity contribution in [2.75, 3.05) is 5.32 Å². The number of nitrogens with one attached hydrogen (secondary N) is 1. The maximum atomic E-state index is 12.4. The van der Waals surface area contributed by atoms with E-state index in [1.807, 2.05) is 43.9 Å². The molecule has 3 aromatic heterocycles. The van der Waals surface area contributed by atoms with E-state index >= 15 is 0 Å². The lowest BCUT2D eigenvalue weighted by molar-refractivity contribution is -0.119. The number of nitrogens with zero attached hydrogens (tertiary/aromatic N) is 6. The molecular weight excluding hydrogens is 318 g/mol. The Hall–Kier alpha value is -2.90. The van der Waals surface area contributed by atoms with Crippen LogP contribution in [0.4, 0.5) is 5.69 Å². The topological polar surface area (TPSA) is 82.6 Å². The molecule has 0 spiro atoms. The molecule has 0 saturated carbocycles. The van der Waals surface area contributed by atoms with Crippen LogP contribution in [0.1, 0.15) is 36.8 Å². The average molecular weight is 341 g/mol. The van der Waals surface area contributed by atoms with Gasteiger partial charge < -0.3 is 5.32 Å². The minimum Gasteiger partial charge on any atom is -0.322 e. The number of carbonyl (C=O) groups is 1. The molecule has 0 saturated heterocycles. The van der Waals surface area contributed by atoms with Crippen molar-refractivity contribution in [2.45, 2.75) is 46.8 Å². The van der Waals surface area contributed by atoms with Gasteiger partial charge in [-0.25, -0.2) is 0 Å². The molecule has 25 heavy (non-hydrogen) atoms. The molecule has 8 nitrogen and oxygen atoms in total. The summed E-state index contributed by atoms with van der Waals surface area (Å²) < 4.78 is 5.45. The van der Waals surface area contributed by atoms with Crippen LogP contribution in [0.2, 0.25) is 0 Å². The Labute approximate surface area is 146 Å². The molecule has 0 aliphatic carbocycles. The Morgan fingerprint density at radius 3 is 2.68 bits per heavy atom. The molecular formula is C17H23N7O. The maximum Gasteiger partial charge on any atom is 0.249 e. The summed E-state index contributed by atoms with van der Waals surface area (Å²) in [5.74, 6) is -0.124. The zero-order valence-electron chi connectivity index (χ0n) is 15.0. The van der Waals surface area contributed by atoms with Crippen LogP contribution < -0.4 is 5.32 Å². The fourth-order valence-electron chi connectivity index (χ4n) is 2.79. The summed E-state index contributed by atoms with van der Waals surface area (Å²) in [7, 11) is 0. The van der Waals surface area contributed by atoms with Gasteiger partial charge in [0.25, 0.3) is 0 Å². The number of aromatic nitrogens is 6. The molecule has 3 heterocycles. The third-order valence-electron chi connectivity index (χ3n) is 4.35. The monoisotopic (exact) mass is 341 g/mol. The fourth-order valence-corrected chi connectivity index (χ4v) is 2.79. The van der Waals surface area contributed by atoms with Gasteiger partial charge in [0.05, 0.1) is 24.6 Å². The van der Waals surface area contributed by atoms with Crippen LogP contribution in [0.3, 0.4) is 0 Å². The summed E-state index contributed by atoms with van der Waals surface area (Å²) in [5.41, 5.74) is 3.86. The van der Waals surface area contributed by atoms with Gasteiger partial charge in [0.2, 0.25) is 5.91 Å². The number of hydrogen-bond acceptors (Lipinski definition) is 4. The number of anilines is 1. The molecule has 0 aromatic carbocycles. The van der Waals surface area contributed by atoms with Crippen molar-refractivity contribution in [3.63, 3.8) is 0 Å². The van der Waals surface area contributed by atoms with Gasteiger partial charge >= 0.3 is 0 Å². The van der Waals surface area contributed by atoms with Gasteiger partial charge in [-0.3, -0.25) is 18.8 Å². The molecule has 0 aliphatic rings. The lowest BCUT2D eigenvalue weighted by Gasteiger charge is -2.13. The minimum absolute atomic E-state index is 0.124. The lowest BCUT2D eigenvalue weighted by atomic mass is 10.2. The first kappa shape index (κ1) is 16.9. The SMILES string of the molecule is CCn1ncc(Cn2cc(NC(=O)C(C)n3nccc3C)cn2)c1C. The lowest BCUT2D eigenvalue weighted by Crippen LogP contribution is -2.25. The Kier molecular flexibility index (Phi) is 4.69. The van der Waals surface area contributed by atoms with Gasteiger partial charge in [-0.15, -0.1) is 0 Å². The van der Waals surface area contributed by atoms with E-state index in [1.54, 1.807) is 21.8 Å². The Morgan fingerprint density at radius 1 is 1.24 bits per heavy atom. The smallest absolute Gasteiger partial charge is 0.249 e.